The molecule has 0 bridgehead atoms. The number of amides is 1. The van der Waals surface area contributed by atoms with E-state index in [1.165, 1.54) is 12.1 Å². The Balaban J connectivity index is 1.84. The average Bonchev–Trinajstić information content (AvgIpc) is 2.46. The van der Waals surface area contributed by atoms with Crippen LogP contribution in [0.1, 0.15) is 23.6 Å². The van der Waals surface area contributed by atoms with Gasteiger partial charge in [-0.25, -0.2) is 4.39 Å². The summed E-state index contributed by atoms with van der Waals surface area (Å²) in [4.78, 5) is 11.8. The van der Waals surface area contributed by atoms with Crippen molar-refractivity contribution >= 4 is 5.91 Å². The minimum Gasteiger partial charge on any atom is -0.352 e. The number of halogens is 1. The molecule has 0 aliphatic carbocycles. The first kappa shape index (κ1) is 14.2. The highest BCUT2D eigenvalue weighted by atomic mass is 19.1. The predicted molar refractivity (Wildman–Crippen MR) is 76.2 cm³/mol. The van der Waals surface area contributed by atoms with Crippen LogP contribution >= 0.6 is 0 Å². The second-order valence-corrected chi connectivity index (χ2v) is 4.63. The van der Waals surface area contributed by atoms with Crippen molar-refractivity contribution in [2.75, 3.05) is 0 Å². The van der Waals surface area contributed by atoms with Gasteiger partial charge in [-0.15, -0.1) is 0 Å². The van der Waals surface area contributed by atoms with Gasteiger partial charge in [0, 0.05) is 19.0 Å². The first-order valence-corrected chi connectivity index (χ1v) is 6.47. The van der Waals surface area contributed by atoms with Crippen LogP contribution in [0.15, 0.2) is 54.6 Å². The van der Waals surface area contributed by atoms with E-state index in [4.69, 9.17) is 5.73 Å². The number of benzene rings is 2. The Morgan fingerprint density at radius 2 is 1.90 bits per heavy atom. The molecule has 0 saturated carbocycles. The highest BCUT2D eigenvalue weighted by molar-refractivity contribution is 5.76. The van der Waals surface area contributed by atoms with E-state index >= 15 is 0 Å². The summed E-state index contributed by atoms with van der Waals surface area (Å²) in [6, 6.07) is 15.3. The molecule has 2 rings (SSSR count). The van der Waals surface area contributed by atoms with Gasteiger partial charge in [0.05, 0.1) is 0 Å². The largest absolute Gasteiger partial charge is 0.352 e. The zero-order valence-corrected chi connectivity index (χ0v) is 11.1. The molecular weight excluding hydrogens is 255 g/mol. The van der Waals surface area contributed by atoms with E-state index in [1.807, 2.05) is 30.3 Å². The van der Waals surface area contributed by atoms with Crippen LogP contribution in [-0.4, -0.2) is 5.91 Å². The van der Waals surface area contributed by atoms with Crippen molar-refractivity contribution in [1.29, 1.82) is 0 Å². The first-order chi connectivity index (χ1) is 9.65. The van der Waals surface area contributed by atoms with E-state index in [1.54, 1.807) is 12.1 Å². The quantitative estimate of drug-likeness (QED) is 0.878. The van der Waals surface area contributed by atoms with Crippen molar-refractivity contribution in [3.8, 4) is 0 Å². The van der Waals surface area contributed by atoms with Gasteiger partial charge < -0.3 is 11.1 Å². The minimum atomic E-state index is -0.330. The van der Waals surface area contributed by atoms with E-state index in [0.717, 1.165) is 11.1 Å². The number of hydrogen-bond donors (Lipinski definition) is 2. The molecule has 0 heterocycles. The topological polar surface area (TPSA) is 55.1 Å². The molecule has 2 aromatic carbocycles. The van der Waals surface area contributed by atoms with Crippen LogP contribution in [0, 0.1) is 5.82 Å². The standard InChI is InChI=1S/C16H17FN2O/c17-14-8-4-5-12(9-14)11-19-16(20)10-15(18)13-6-2-1-3-7-13/h1-9,15H,10-11,18H2,(H,19,20). The van der Waals surface area contributed by atoms with E-state index in [-0.39, 0.29) is 24.2 Å². The van der Waals surface area contributed by atoms with E-state index in [2.05, 4.69) is 5.32 Å². The minimum absolute atomic E-state index is 0.148. The van der Waals surface area contributed by atoms with Gasteiger partial charge in [-0.05, 0) is 23.3 Å². The lowest BCUT2D eigenvalue weighted by Crippen LogP contribution is -2.27. The number of carbonyl (C=O) groups is 1. The third-order valence-electron chi connectivity index (χ3n) is 3.01. The Bertz CT molecular complexity index is 572. The van der Waals surface area contributed by atoms with Gasteiger partial charge in [-0.2, -0.15) is 0 Å². The molecule has 0 spiro atoms. The molecule has 2 aromatic rings. The van der Waals surface area contributed by atoms with Crippen LogP contribution in [0.4, 0.5) is 4.39 Å². The Kier molecular flexibility index (Phi) is 4.85. The van der Waals surface area contributed by atoms with E-state index in [9.17, 15) is 9.18 Å². The lowest BCUT2D eigenvalue weighted by atomic mass is 10.0. The molecule has 3 N–H and O–H groups in total. The zero-order valence-electron chi connectivity index (χ0n) is 11.1. The van der Waals surface area contributed by atoms with Gasteiger partial charge >= 0.3 is 0 Å². The fourth-order valence-electron chi connectivity index (χ4n) is 1.94. The van der Waals surface area contributed by atoms with Crippen molar-refractivity contribution in [2.45, 2.75) is 19.0 Å². The second kappa shape index (κ2) is 6.82. The normalized spacial score (nSPS) is 11.9. The van der Waals surface area contributed by atoms with Gasteiger partial charge in [0.1, 0.15) is 5.82 Å². The fourth-order valence-corrected chi connectivity index (χ4v) is 1.94. The van der Waals surface area contributed by atoms with Crippen LogP contribution in [-0.2, 0) is 11.3 Å². The molecule has 0 aliphatic rings. The molecule has 1 amide bonds. The summed E-state index contributed by atoms with van der Waals surface area (Å²) >= 11 is 0. The molecule has 4 heteroatoms. The summed E-state index contributed by atoms with van der Waals surface area (Å²) in [6.45, 7) is 0.304. The van der Waals surface area contributed by atoms with Crippen molar-refractivity contribution < 1.29 is 9.18 Å². The number of nitrogens with one attached hydrogen (secondary N) is 1. The van der Waals surface area contributed by atoms with Crippen LogP contribution in [0.3, 0.4) is 0 Å². The van der Waals surface area contributed by atoms with Crippen LogP contribution in [0.2, 0.25) is 0 Å². The van der Waals surface area contributed by atoms with E-state index < -0.39 is 0 Å². The molecule has 0 radical (unpaired) electrons. The molecule has 1 unspecified atom stereocenters. The lowest BCUT2D eigenvalue weighted by Gasteiger charge is -2.12. The summed E-state index contributed by atoms with van der Waals surface area (Å²) in [5.41, 5.74) is 7.62. The molecule has 104 valence electrons. The molecule has 0 aromatic heterocycles. The van der Waals surface area contributed by atoms with Gasteiger partial charge in [0.15, 0.2) is 0 Å². The van der Waals surface area contributed by atoms with Crippen molar-refractivity contribution in [2.24, 2.45) is 5.73 Å². The average molecular weight is 272 g/mol. The lowest BCUT2D eigenvalue weighted by molar-refractivity contribution is -0.121. The van der Waals surface area contributed by atoms with Crippen LogP contribution < -0.4 is 11.1 Å². The van der Waals surface area contributed by atoms with Crippen molar-refractivity contribution in [3.63, 3.8) is 0 Å². The monoisotopic (exact) mass is 272 g/mol. The maximum absolute atomic E-state index is 13.0. The third kappa shape index (κ3) is 4.17. The molecule has 0 aliphatic heterocycles. The number of nitrogens with two attached hydrogens (primary N) is 1. The zero-order chi connectivity index (χ0) is 14.4. The van der Waals surface area contributed by atoms with Gasteiger partial charge in [0.2, 0.25) is 5.91 Å². The number of rotatable bonds is 5. The fraction of sp³-hybridized carbons (Fsp3) is 0.188. The SMILES string of the molecule is NC(CC(=O)NCc1cccc(F)c1)c1ccccc1. The Morgan fingerprint density at radius 3 is 2.60 bits per heavy atom. The second-order valence-electron chi connectivity index (χ2n) is 4.63. The maximum Gasteiger partial charge on any atom is 0.222 e. The third-order valence-corrected chi connectivity index (χ3v) is 3.01. The molecule has 1 atom stereocenters. The number of carbonyl (C=O) groups excluding carboxylic acids is 1. The molecular formula is C16H17FN2O. The van der Waals surface area contributed by atoms with Gasteiger partial charge in [-0.1, -0.05) is 42.5 Å². The molecule has 20 heavy (non-hydrogen) atoms. The van der Waals surface area contributed by atoms with Gasteiger partial charge in [0.25, 0.3) is 0 Å². The van der Waals surface area contributed by atoms with Gasteiger partial charge in [-0.3, -0.25) is 4.79 Å². The smallest absolute Gasteiger partial charge is 0.222 e. The first-order valence-electron chi connectivity index (χ1n) is 6.47. The Labute approximate surface area is 117 Å². The maximum atomic E-state index is 13.0. The van der Waals surface area contributed by atoms with Crippen molar-refractivity contribution in [3.05, 3.63) is 71.5 Å². The summed E-state index contributed by atoms with van der Waals surface area (Å²) in [5, 5.41) is 2.74. The summed E-state index contributed by atoms with van der Waals surface area (Å²) in [7, 11) is 0. The highest BCUT2D eigenvalue weighted by Crippen LogP contribution is 2.13. The summed E-state index contributed by atoms with van der Waals surface area (Å²) in [6.07, 6.45) is 0.208. The van der Waals surface area contributed by atoms with Crippen LogP contribution in [0.25, 0.3) is 0 Å². The number of hydrogen-bond acceptors (Lipinski definition) is 2. The van der Waals surface area contributed by atoms with E-state index in [0.29, 0.717) is 6.54 Å². The predicted octanol–water partition coefficient (Wildman–Crippen LogP) is 2.53. The highest BCUT2D eigenvalue weighted by Gasteiger charge is 2.11. The molecule has 0 fully saturated rings. The summed E-state index contributed by atoms with van der Waals surface area (Å²) < 4.78 is 13.0. The van der Waals surface area contributed by atoms with Crippen LogP contribution in [0.5, 0.6) is 0 Å². The van der Waals surface area contributed by atoms with Crippen molar-refractivity contribution in [1.82, 2.24) is 5.32 Å². The Hall–Kier alpha value is -2.20. The summed E-state index contributed by atoms with van der Waals surface area (Å²) in [5.74, 6) is -0.455. The molecule has 0 saturated heterocycles. The Morgan fingerprint density at radius 1 is 1.15 bits per heavy atom. The molecule has 3 nitrogen and oxygen atoms in total.